The van der Waals surface area contributed by atoms with E-state index >= 15 is 0 Å². The third-order valence-electron chi connectivity index (χ3n) is 4.84. The summed E-state index contributed by atoms with van der Waals surface area (Å²) in [5.74, 6) is -0.347. The van der Waals surface area contributed by atoms with Crippen molar-refractivity contribution in [2.75, 3.05) is 5.32 Å². The molecule has 0 bridgehead atoms. The standard InChI is InChI=1S/C19H27N3O3/c1-17(2)10-12(11-18(3,4)22-17)20-15(23)19(5)16(24)21-13-8-6-7-9-14(13)25-19/h6-9,12,22H,10-11H2,1-5H3,(H,20,23)(H,21,24)/t19-/m0/s1. The van der Waals surface area contributed by atoms with Crippen LogP contribution in [0.3, 0.4) is 0 Å². The summed E-state index contributed by atoms with van der Waals surface area (Å²) in [5, 5.41) is 9.38. The third-order valence-corrected chi connectivity index (χ3v) is 4.84. The molecule has 2 aliphatic heterocycles. The van der Waals surface area contributed by atoms with Gasteiger partial charge in [-0.2, -0.15) is 0 Å². The van der Waals surface area contributed by atoms with Crippen LogP contribution in [-0.4, -0.2) is 34.5 Å². The van der Waals surface area contributed by atoms with Gasteiger partial charge in [-0.25, -0.2) is 0 Å². The highest BCUT2D eigenvalue weighted by atomic mass is 16.5. The lowest BCUT2D eigenvalue weighted by molar-refractivity contribution is -0.147. The zero-order chi connectivity index (χ0) is 18.5. The summed E-state index contributed by atoms with van der Waals surface area (Å²) in [4.78, 5) is 25.4. The van der Waals surface area contributed by atoms with Crippen molar-refractivity contribution < 1.29 is 14.3 Å². The van der Waals surface area contributed by atoms with Crippen LogP contribution in [0.1, 0.15) is 47.5 Å². The highest BCUT2D eigenvalue weighted by Crippen LogP contribution is 2.34. The largest absolute Gasteiger partial charge is 0.466 e. The maximum Gasteiger partial charge on any atom is 0.278 e. The second-order valence-electron chi connectivity index (χ2n) is 8.56. The third kappa shape index (κ3) is 3.49. The number of fused-ring (bicyclic) bond motifs is 1. The monoisotopic (exact) mass is 345 g/mol. The van der Waals surface area contributed by atoms with E-state index in [0.717, 1.165) is 12.8 Å². The van der Waals surface area contributed by atoms with E-state index in [9.17, 15) is 9.59 Å². The molecule has 0 aromatic heterocycles. The zero-order valence-electron chi connectivity index (χ0n) is 15.5. The predicted molar refractivity (Wildman–Crippen MR) is 96.6 cm³/mol. The molecule has 2 aliphatic rings. The molecular formula is C19H27N3O3. The molecule has 1 saturated heterocycles. The second-order valence-corrected chi connectivity index (χ2v) is 8.56. The number of nitrogens with one attached hydrogen (secondary N) is 3. The molecule has 0 aliphatic carbocycles. The van der Waals surface area contributed by atoms with Gasteiger partial charge in [-0.15, -0.1) is 0 Å². The molecule has 6 nitrogen and oxygen atoms in total. The Kier molecular flexibility index (Phi) is 4.06. The average Bonchev–Trinajstić information content (AvgIpc) is 2.45. The van der Waals surface area contributed by atoms with Gasteiger partial charge in [0.1, 0.15) is 5.75 Å². The summed E-state index contributed by atoms with van der Waals surface area (Å²) in [6.07, 6.45) is 1.58. The SMILES string of the molecule is CC1(C)CC(NC(=O)[C@]2(C)Oc3ccccc3NC2=O)CC(C)(C)N1. The first kappa shape index (κ1) is 17.7. The number of para-hydroxylation sites is 2. The van der Waals surface area contributed by atoms with Gasteiger partial charge in [0.05, 0.1) is 5.69 Å². The Morgan fingerprint density at radius 3 is 2.36 bits per heavy atom. The number of benzene rings is 1. The average molecular weight is 345 g/mol. The summed E-state index contributed by atoms with van der Waals surface area (Å²) >= 11 is 0. The van der Waals surface area contributed by atoms with Crippen LogP contribution < -0.4 is 20.7 Å². The van der Waals surface area contributed by atoms with Gasteiger partial charge in [-0.3, -0.25) is 9.59 Å². The maximum absolute atomic E-state index is 12.9. The molecule has 0 saturated carbocycles. The van der Waals surface area contributed by atoms with Crippen molar-refractivity contribution in [3.05, 3.63) is 24.3 Å². The van der Waals surface area contributed by atoms with Gasteiger partial charge < -0.3 is 20.7 Å². The van der Waals surface area contributed by atoms with Crippen molar-refractivity contribution in [3.8, 4) is 5.75 Å². The molecule has 1 aromatic rings. The molecule has 0 spiro atoms. The number of anilines is 1. The minimum Gasteiger partial charge on any atom is -0.466 e. The minimum atomic E-state index is -1.58. The van der Waals surface area contributed by atoms with Crippen molar-refractivity contribution in [2.45, 2.75) is 70.2 Å². The lowest BCUT2D eigenvalue weighted by Crippen LogP contribution is -2.65. The van der Waals surface area contributed by atoms with Crippen molar-refractivity contribution in [1.29, 1.82) is 0 Å². The molecule has 136 valence electrons. The first-order chi connectivity index (χ1) is 11.5. The number of carbonyl (C=O) groups is 2. The van der Waals surface area contributed by atoms with Crippen LogP contribution in [0, 0.1) is 0 Å². The highest BCUT2D eigenvalue weighted by molar-refractivity contribution is 6.15. The lowest BCUT2D eigenvalue weighted by atomic mass is 9.79. The van der Waals surface area contributed by atoms with Crippen LogP contribution in [0.5, 0.6) is 5.75 Å². The van der Waals surface area contributed by atoms with Crippen LogP contribution in [0.2, 0.25) is 0 Å². The normalized spacial score (nSPS) is 27.6. The molecule has 1 fully saturated rings. The molecule has 1 aromatic carbocycles. The van der Waals surface area contributed by atoms with Crippen LogP contribution in [0.15, 0.2) is 24.3 Å². The van der Waals surface area contributed by atoms with Crippen molar-refractivity contribution >= 4 is 17.5 Å². The van der Waals surface area contributed by atoms with E-state index in [-0.39, 0.29) is 17.1 Å². The van der Waals surface area contributed by atoms with E-state index in [1.54, 1.807) is 12.1 Å². The maximum atomic E-state index is 12.9. The van der Waals surface area contributed by atoms with Crippen molar-refractivity contribution in [1.82, 2.24) is 10.6 Å². The zero-order valence-corrected chi connectivity index (χ0v) is 15.5. The van der Waals surface area contributed by atoms with Crippen LogP contribution in [-0.2, 0) is 9.59 Å². The van der Waals surface area contributed by atoms with E-state index in [1.165, 1.54) is 6.92 Å². The summed E-state index contributed by atoms with van der Waals surface area (Å²) in [7, 11) is 0. The number of carbonyl (C=O) groups excluding carboxylic acids is 2. The number of ether oxygens (including phenoxy) is 1. The van der Waals surface area contributed by atoms with Crippen LogP contribution in [0.25, 0.3) is 0 Å². The Morgan fingerprint density at radius 1 is 1.12 bits per heavy atom. The minimum absolute atomic E-state index is 0.0239. The number of amides is 2. The molecule has 0 unspecified atom stereocenters. The Hall–Kier alpha value is -2.08. The van der Waals surface area contributed by atoms with Gasteiger partial charge in [0.2, 0.25) is 0 Å². The Labute approximate surface area is 148 Å². The molecule has 1 atom stereocenters. The lowest BCUT2D eigenvalue weighted by Gasteiger charge is -2.47. The molecule has 25 heavy (non-hydrogen) atoms. The molecule has 3 rings (SSSR count). The van der Waals surface area contributed by atoms with Gasteiger partial charge in [0, 0.05) is 17.1 Å². The van der Waals surface area contributed by atoms with Crippen LogP contribution in [0.4, 0.5) is 5.69 Å². The topological polar surface area (TPSA) is 79.5 Å². The Balaban J connectivity index is 1.78. The fourth-order valence-electron chi connectivity index (χ4n) is 4.06. The number of rotatable bonds is 2. The first-order valence-corrected chi connectivity index (χ1v) is 8.71. The van der Waals surface area contributed by atoms with Gasteiger partial charge in [-0.05, 0) is 59.6 Å². The second kappa shape index (κ2) is 5.73. The van der Waals surface area contributed by atoms with Crippen LogP contribution >= 0.6 is 0 Å². The Bertz CT molecular complexity index is 698. The summed E-state index contributed by atoms with van der Waals surface area (Å²) in [5.41, 5.74) is -1.18. The fraction of sp³-hybridized carbons (Fsp3) is 0.579. The molecule has 6 heteroatoms. The molecule has 3 N–H and O–H groups in total. The van der Waals surface area contributed by atoms with Crippen molar-refractivity contribution in [3.63, 3.8) is 0 Å². The smallest absolute Gasteiger partial charge is 0.278 e. The molecule has 0 radical (unpaired) electrons. The van der Waals surface area contributed by atoms with E-state index in [2.05, 4.69) is 43.6 Å². The van der Waals surface area contributed by atoms with E-state index in [4.69, 9.17) is 4.74 Å². The Morgan fingerprint density at radius 2 is 1.72 bits per heavy atom. The van der Waals surface area contributed by atoms with E-state index in [0.29, 0.717) is 11.4 Å². The summed E-state index contributed by atoms with van der Waals surface area (Å²) in [6.45, 7) is 10.00. The molecule has 2 heterocycles. The first-order valence-electron chi connectivity index (χ1n) is 8.71. The highest BCUT2D eigenvalue weighted by Gasteiger charge is 2.49. The predicted octanol–water partition coefficient (Wildman–Crippen LogP) is 2.20. The molecular weight excluding hydrogens is 318 g/mol. The number of hydrogen-bond acceptors (Lipinski definition) is 4. The molecule has 2 amide bonds. The summed E-state index contributed by atoms with van der Waals surface area (Å²) < 4.78 is 5.80. The quantitative estimate of drug-likeness (QED) is 0.718. The number of hydrogen-bond donors (Lipinski definition) is 3. The van der Waals surface area contributed by atoms with Crippen molar-refractivity contribution in [2.24, 2.45) is 0 Å². The van der Waals surface area contributed by atoms with E-state index in [1.807, 2.05) is 12.1 Å². The van der Waals surface area contributed by atoms with Gasteiger partial charge >= 0.3 is 0 Å². The van der Waals surface area contributed by atoms with Gasteiger partial charge in [0.25, 0.3) is 17.4 Å². The van der Waals surface area contributed by atoms with Gasteiger partial charge in [0.15, 0.2) is 0 Å². The fourth-order valence-corrected chi connectivity index (χ4v) is 4.06. The van der Waals surface area contributed by atoms with Gasteiger partial charge in [-0.1, -0.05) is 12.1 Å². The summed E-state index contributed by atoms with van der Waals surface area (Å²) in [6, 6.07) is 7.10. The van der Waals surface area contributed by atoms with E-state index < -0.39 is 17.4 Å². The number of piperidine rings is 1.